The van der Waals surface area contributed by atoms with Crippen LogP contribution < -0.4 is 21.3 Å². The van der Waals surface area contributed by atoms with E-state index in [4.69, 9.17) is 5.73 Å². The van der Waals surface area contributed by atoms with Gasteiger partial charge in [-0.05, 0) is 24.7 Å². The van der Waals surface area contributed by atoms with Crippen molar-refractivity contribution in [3.05, 3.63) is 30.6 Å². The SMILES string of the molecule is CCN1CCN(c2ccc(Nc3cc(NC)ncn3)c(N)c2)CC1. The molecule has 24 heavy (non-hydrogen) atoms. The molecule has 3 rings (SSSR count). The zero-order valence-corrected chi connectivity index (χ0v) is 14.3. The summed E-state index contributed by atoms with van der Waals surface area (Å²) in [5.41, 5.74) is 8.99. The summed E-state index contributed by atoms with van der Waals surface area (Å²) in [6.45, 7) is 7.61. The predicted molar refractivity (Wildman–Crippen MR) is 100 cm³/mol. The maximum absolute atomic E-state index is 6.24. The average molecular weight is 327 g/mol. The molecule has 7 heteroatoms. The van der Waals surface area contributed by atoms with Crippen molar-refractivity contribution >= 4 is 28.7 Å². The van der Waals surface area contributed by atoms with Crippen LogP contribution in [0.4, 0.5) is 28.7 Å². The highest BCUT2D eigenvalue weighted by Gasteiger charge is 2.16. The third-order valence-electron chi connectivity index (χ3n) is 4.41. The average Bonchev–Trinajstić information content (AvgIpc) is 2.63. The van der Waals surface area contributed by atoms with E-state index < -0.39 is 0 Å². The summed E-state index contributed by atoms with van der Waals surface area (Å²) in [4.78, 5) is 13.2. The van der Waals surface area contributed by atoms with Gasteiger partial charge in [-0.3, -0.25) is 0 Å². The molecular formula is C17H25N7. The molecule has 2 heterocycles. The number of hydrogen-bond acceptors (Lipinski definition) is 7. The molecular weight excluding hydrogens is 302 g/mol. The molecule has 2 aromatic rings. The van der Waals surface area contributed by atoms with Gasteiger partial charge < -0.3 is 26.2 Å². The molecule has 0 radical (unpaired) electrons. The Labute approximate surface area is 142 Å². The van der Waals surface area contributed by atoms with Crippen molar-refractivity contribution in [2.45, 2.75) is 6.92 Å². The van der Waals surface area contributed by atoms with Gasteiger partial charge in [0.1, 0.15) is 18.0 Å². The van der Waals surface area contributed by atoms with Crippen molar-refractivity contribution < 1.29 is 0 Å². The fourth-order valence-electron chi connectivity index (χ4n) is 2.88. The van der Waals surface area contributed by atoms with Crippen LogP contribution in [-0.4, -0.2) is 54.6 Å². The van der Waals surface area contributed by atoms with Crippen molar-refractivity contribution in [1.29, 1.82) is 0 Å². The standard InChI is InChI=1S/C17H25N7/c1-3-23-6-8-24(9-7-23)13-4-5-15(14(18)10-13)22-17-11-16(19-2)20-12-21-17/h4-5,10-12H,3,6-9,18H2,1-2H3,(H2,19,20,21,22). The molecule has 128 valence electrons. The van der Waals surface area contributed by atoms with E-state index in [2.05, 4.69) is 43.4 Å². The Kier molecular flexibility index (Phi) is 5.00. The summed E-state index contributed by atoms with van der Waals surface area (Å²) in [6, 6.07) is 8.00. The zero-order chi connectivity index (χ0) is 16.9. The van der Waals surface area contributed by atoms with Gasteiger partial charge in [-0.15, -0.1) is 0 Å². The molecule has 0 atom stereocenters. The Hall–Kier alpha value is -2.54. The first-order valence-corrected chi connectivity index (χ1v) is 8.33. The van der Waals surface area contributed by atoms with Gasteiger partial charge in [0.2, 0.25) is 0 Å². The van der Waals surface area contributed by atoms with Gasteiger partial charge in [-0.2, -0.15) is 0 Å². The predicted octanol–water partition coefficient (Wildman–Crippen LogP) is 1.99. The summed E-state index contributed by atoms with van der Waals surface area (Å²) < 4.78 is 0. The maximum atomic E-state index is 6.24. The summed E-state index contributed by atoms with van der Waals surface area (Å²) in [5, 5.41) is 6.25. The fraction of sp³-hybridized carbons (Fsp3) is 0.412. The number of piperazine rings is 1. The molecule has 1 saturated heterocycles. The van der Waals surface area contributed by atoms with E-state index in [0.29, 0.717) is 5.82 Å². The van der Waals surface area contributed by atoms with Crippen molar-refractivity contribution in [3.8, 4) is 0 Å². The van der Waals surface area contributed by atoms with Crippen molar-refractivity contribution in [3.63, 3.8) is 0 Å². The number of anilines is 5. The summed E-state index contributed by atoms with van der Waals surface area (Å²) in [6.07, 6.45) is 1.52. The number of rotatable bonds is 5. The van der Waals surface area contributed by atoms with Crippen LogP contribution in [0, 0.1) is 0 Å². The molecule has 1 aromatic carbocycles. The number of hydrogen-bond donors (Lipinski definition) is 3. The zero-order valence-electron chi connectivity index (χ0n) is 14.3. The van der Waals surface area contributed by atoms with Crippen LogP contribution in [0.2, 0.25) is 0 Å². The topological polar surface area (TPSA) is 82.3 Å². The van der Waals surface area contributed by atoms with Gasteiger partial charge >= 0.3 is 0 Å². The van der Waals surface area contributed by atoms with E-state index in [-0.39, 0.29) is 0 Å². The Morgan fingerprint density at radius 2 is 1.83 bits per heavy atom. The largest absolute Gasteiger partial charge is 0.397 e. The van der Waals surface area contributed by atoms with Crippen LogP contribution in [0.3, 0.4) is 0 Å². The molecule has 0 bridgehead atoms. The summed E-state index contributed by atoms with van der Waals surface area (Å²) in [7, 11) is 1.83. The number of aromatic nitrogens is 2. The quantitative estimate of drug-likeness (QED) is 0.724. The van der Waals surface area contributed by atoms with Crippen LogP contribution in [0.15, 0.2) is 30.6 Å². The minimum atomic E-state index is 0.713. The molecule has 4 N–H and O–H groups in total. The molecule has 1 aliphatic rings. The minimum absolute atomic E-state index is 0.713. The normalized spacial score (nSPS) is 15.3. The van der Waals surface area contributed by atoms with Crippen LogP contribution in [0.1, 0.15) is 6.92 Å². The smallest absolute Gasteiger partial charge is 0.135 e. The molecule has 0 saturated carbocycles. The third-order valence-corrected chi connectivity index (χ3v) is 4.41. The Morgan fingerprint density at radius 1 is 1.08 bits per heavy atom. The van der Waals surface area contributed by atoms with Gasteiger partial charge in [0.25, 0.3) is 0 Å². The second-order valence-corrected chi connectivity index (χ2v) is 5.86. The lowest BCUT2D eigenvalue weighted by Crippen LogP contribution is -2.46. The number of nitrogen functional groups attached to an aromatic ring is 1. The highest BCUT2D eigenvalue weighted by Crippen LogP contribution is 2.28. The first kappa shape index (κ1) is 16.3. The van der Waals surface area contributed by atoms with Crippen molar-refractivity contribution in [2.75, 3.05) is 61.0 Å². The van der Waals surface area contributed by atoms with E-state index in [0.717, 1.165) is 49.9 Å². The van der Waals surface area contributed by atoms with E-state index >= 15 is 0 Å². The third kappa shape index (κ3) is 3.68. The maximum Gasteiger partial charge on any atom is 0.135 e. The van der Waals surface area contributed by atoms with E-state index in [1.807, 2.05) is 25.2 Å². The van der Waals surface area contributed by atoms with Crippen molar-refractivity contribution in [2.24, 2.45) is 0 Å². The second kappa shape index (κ2) is 7.35. The molecule has 0 amide bonds. The van der Waals surface area contributed by atoms with Gasteiger partial charge in [-0.1, -0.05) is 6.92 Å². The molecule has 0 aliphatic carbocycles. The molecule has 7 nitrogen and oxygen atoms in total. The summed E-state index contributed by atoms with van der Waals surface area (Å²) in [5.74, 6) is 1.47. The second-order valence-electron chi connectivity index (χ2n) is 5.86. The molecule has 1 aromatic heterocycles. The first-order chi connectivity index (χ1) is 11.7. The van der Waals surface area contributed by atoms with Crippen LogP contribution >= 0.6 is 0 Å². The molecule has 1 aliphatic heterocycles. The van der Waals surface area contributed by atoms with Gasteiger partial charge in [0, 0.05) is 45.0 Å². The van der Waals surface area contributed by atoms with Crippen LogP contribution in [0.5, 0.6) is 0 Å². The Balaban J connectivity index is 1.70. The monoisotopic (exact) mass is 327 g/mol. The summed E-state index contributed by atoms with van der Waals surface area (Å²) >= 11 is 0. The number of likely N-dealkylation sites (N-methyl/N-ethyl adjacent to an activating group) is 1. The molecule has 1 fully saturated rings. The lowest BCUT2D eigenvalue weighted by atomic mass is 10.2. The fourth-order valence-corrected chi connectivity index (χ4v) is 2.88. The number of nitrogens with zero attached hydrogens (tertiary/aromatic N) is 4. The van der Waals surface area contributed by atoms with Crippen LogP contribution in [0.25, 0.3) is 0 Å². The van der Waals surface area contributed by atoms with Crippen molar-refractivity contribution in [1.82, 2.24) is 14.9 Å². The van der Waals surface area contributed by atoms with Gasteiger partial charge in [0.15, 0.2) is 0 Å². The molecule has 0 spiro atoms. The van der Waals surface area contributed by atoms with E-state index in [1.54, 1.807) is 0 Å². The Bertz CT molecular complexity index is 680. The highest BCUT2D eigenvalue weighted by atomic mass is 15.3. The minimum Gasteiger partial charge on any atom is -0.397 e. The van der Waals surface area contributed by atoms with E-state index in [9.17, 15) is 0 Å². The molecule has 0 unspecified atom stereocenters. The number of benzene rings is 1. The lowest BCUT2D eigenvalue weighted by Gasteiger charge is -2.35. The lowest BCUT2D eigenvalue weighted by molar-refractivity contribution is 0.271. The Morgan fingerprint density at radius 3 is 2.50 bits per heavy atom. The number of nitrogens with two attached hydrogens (primary N) is 1. The van der Waals surface area contributed by atoms with Gasteiger partial charge in [0.05, 0.1) is 11.4 Å². The van der Waals surface area contributed by atoms with Gasteiger partial charge in [-0.25, -0.2) is 9.97 Å². The first-order valence-electron chi connectivity index (χ1n) is 8.33. The number of nitrogens with one attached hydrogen (secondary N) is 2. The highest BCUT2D eigenvalue weighted by molar-refractivity contribution is 5.76. The van der Waals surface area contributed by atoms with E-state index in [1.165, 1.54) is 12.0 Å². The van der Waals surface area contributed by atoms with Crippen LogP contribution in [-0.2, 0) is 0 Å².